The average Bonchev–Trinajstić information content (AvgIpc) is 3.55. The summed E-state index contributed by atoms with van der Waals surface area (Å²) in [4.78, 5) is 11.6. The summed E-state index contributed by atoms with van der Waals surface area (Å²) >= 11 is 6.36. The molecule has 0 aliphatic heterocycles. The Morgan fingerprint density at radius 3 is 2.53 bits per heavy atom. The molecule has 0 radical (unpaired) electrons. The van der Waals surface area contributed by atoms with Gasteiger partial charge in [-0.2, -0.15) is 4.68 Å². The molecule has 214 valence electrons. The van der Waals surface area contributed by atoms with E-state index < -0.39 is 11.8 Å². The zero-order chi connectivity index (χ0) is 30.3. The van der Waals surface area contributed by atoms with Crippen molar-refractivity contribution in [3.63, 3.8) is 0 Å². The summed E-state index contributed by atoms with van der Waals surface area (Å²) in [6.45, 7) is 6.04. The molecule has 0 spiro atoms. The lowest BCUT2D eigenvalue weighted by atomic mass is 9.84. The van der Waals surface area contributed by atoms with Gasteiger partial charge in [0.25, 0.3) is 0 Å². The second-order valence-corrected chi connectivity index (χ2v) is 10.5. The first-order valence-electron chi connectivity index (χ1n) is 13.5. The molecule has 5 rings (SSSR count). The lowest BCUT2D eigenvalue weighted by Gasteiger charge is -2.20. The maximum atomic E-state index is 15.1. The highest BCUT2D eigenvalue weighted by Crippen LogP contribution is 2.34. The molecule has 1 unspecified atom stereocenters. The Kier molecular flexibility index (Phi) is 9.03. The van der Waals surface area contributed by atoms with Gasteiger partial charge in [-0.25, -0.2) is 9.18 Å². The van der Waals surface area contributed by atoms with E-state index in [0.29, 0.717) is 22.6 Å². The molecular weight excluding hydrogens is 563 g/mol. The third-order valence-electron chi connectivity index (χ3n) is 7.21. The first-order valence-corrected chi connectivity index (χ1v) is 13.9. The number of halogens is 2. The second-order valence-electron chi connectivity index (χ2n) is 10.1. The molecule has 8 heteroatoms. The molecule has 6 nitrogen and oxygen atoms in total. The van der Waals surface area contributed by atoms with Crippen molar-refractivity contribution in [2.75, 3.05) is 0 Å². The van der Waals surface area contributed by atoms with E-state index in [1.54, 1.807) is 41.1 Å². The lowest BCUT2D eigenvalue weighted by Crippen LogP contribution is -2.06. The summed E-state index contributed by atoms with van der Waals surface area (Å²) in [5.41, 5.74) is 6.59. The summed E-state index contributed by atoms with van der Waals surface area (Å²) in [6, 6.07) is 26.9. The number of aromatic carboxylic acids is 1. The first-order chi connectivity index (χ1) is 20.8. The van der Waals surface area contributed by atoms with Crippen molar-refractivity contribution >= 4 is 23.1 Å². The molecular formula is C35H28ClFN4O2. The standard InChI is InChI=1S/C35H28ClFN4O2/c1-3-25(33-21-30(36)14-15-34(33)41-22-38-39-40-41)13-12-23(2)32(16-24-8-5-4-6-9-24)29-18-28(19-31(37)20-29)26-10-7-11-27(17-26)35(42)43/h3-15,17-22,32H,1,16H2,2H3,(H,42,43)/b23-12+,25-13+. The van der Waals surface area contributed by atoms with E-state index in [1.165, 1.54) is 18.5 Å². The highest BCUT2D eigenvalue weighted by Gasteiger charge is 2.18. The van der Waals surface area contributed by atoms with E-state index in [9.17, 15) is 9.90 Å². The number of benzene rings is 4. The van der Waals surface area contributed by atoms with Gasteiger partial charge in [0, 0.05) is 16.5 Å². The van der Waals surface area contributed by atoms with Crippen molar-refractivity contribution < 1.29 is 14.3 Å². The number of carboxylic acid groups (broad SMARTS) is 1. The predicted molar refractivity (Wildman–Crippen MR) is 168 cm³/mol. The minimum atomic E-state index is -1.04. The first kappa shape index (κ1) is 29.4. The van der Waals surface area contributed by atoms with Crippen LogP contribution in [0.1, 0.15) is 39.9 Å². The van der Waals surface area contributed by atoms with Gasteiger partial charge in [-0.05, 0) is 94.1 Å². The van der Waals surface area contributed by atoms with Gasteiger partial charge >= 0.3 is 5.97 Å². The van der Waals surface area contributed by atoms with Crippen LogP contribution in [0, 0.1) is 5.82 Å². The van der Waals surface area contributed by atoms with Crippen LogP contribution in [0.4, 0.5) is 4.39 Å². The number of tetrazole rings is 1. The van der Waals surface area contributed by atoms with Gasteiger partial charge in [0.15, 0.2) is 0 Å². The van der Waals surface area contributed by atoms with Crippen molar-refractivity contribution in [1.29, 1.82) is 0 Å². The van der Waals surface area contributed by atoms with Crippen LogP contribution >= 0.6 is 11.6 Å². The normalized spacial score (nSPS) is 12.6. The minimum Gasteiger partial charge on any atom is -0.478 e. The van der Waals surface area contributed by atoms with Crippen LogP contribution in [0.25, 0.3) is 22.4 Å². The second kappa shape index (κ2) is 13.2. The molecule has 1 N–H and O–H groups in total. The van der Waals surface area contributed by atoms with Gasteiger partial charge in [-0.3, -0.25) is 0 Å². The molecule has 0 amide bonds. The Morgan fingerprint density at radius 1 is 1.00 bits per heavy atom. The Labute approximate surface area is 254 Å². The molecule has 0 saturated heterocycles. The smallest absolute Gasteiger partial charge is 0.335 e. The lowest BCUT2D eigenvalue weighted by molar-refractivity contribution is 0.0697. The van der Waals surface area contributed by atoms with E-state index >= 15 is 4.39 Å². The Hall–Kier alpha value is -5.14. The van der Waals surface area contributed by atoms with Crippen LogP contribution in [0.5, 0.6) is 0 Å². The van der Waals surface area contributed by atoms with E-state index in [0.717, 1.165) is 33.5 Å². The highest BCUT2D eigenvalue weighted by atomic mass is 35.5. The Morgan fingerprint density at radius 2 is 1.81 bits per heavy atom. The van der Waals surface area contributed by atoms with Gasteiger partial charge in [0.2, 0.25) is 0 Å². The third kappa shape index (κ3) is 7.02. The average molecular weight is 591 g/mol. The molecule has 0 aliphatic rings. The van der Waals surface area contributed by atoms with Gasteiger partial charge < -0.3 is 5.11 Å². The molecule has 0 fully saturated rings. The number of hydrogen-bond acceptors (Lipinski definition) is 4. The van der Waals surface area contributed by atoms with E-state index in [2.05, 4.69) is 22.1 Å². The van der Waals surface area contributed by atoms with E-state index in [1.807, 2.05) is 67.6 Å². The zero-order valence-corrected chi connectivity index (χ0v) is 24.1. The topological polar surface area (TPSA) is 80.9 Å². The molecule has 4 aromatic carbocycles. The fraction of sp³-hybridized carbons (Fsp3) is 0.0857. The van der Waals surface area contributed by atoms with Crippen molar-refractivity contribution in [2.24, 2.45) is 0 Å². The number of nitrogens with zero attached hydrogens (tertiary/aromatic N) is 4. The molecule has 1 heterocycles. The van der Waals surface area contributed by atoms with Crippen molar-refractivity contribution in [2.45, 2.75) is 19.3 Å². The SMILES string of the molecule is C=C/C(=C\C=C(/C)C(Cc1ccccc1)c1cc(F)cc(-c2cccc(C(=O)O)c2)c1)c1cc(Cl)ccc1-n1cnnn1. The fourth-order valence-corrected chi connectivity index (χ4v) is 5.19. The van der Waals surface area contributed by atoms with Crippen LogP contribution in [-0.2, 0) is 6.42 Å². The largest absolute Gasteiger partial charge is 0.478 e. The highest BCUT2D eigenvalue weighted by molar-refractivity contribution is 6.30. The van der Waals surface area contributed by atoms with Gasteiger partial charge in [-0.15, -0.1) is 5.10 Å². The van der Waals surface area contributed by atoms with Gasteiger partial charge in [0.1, 0.15) is 12.1 Å². The van der Waals surface area contributed by atoms with Gasteiger partial charge in [-0.1, -0.05) is 90.5 Å². The maximum absolute atomic E-state index is 15.1. The molecule has 5 aromatic rings. The fourth-order valence-electron chi connectivity index (χ4n) is 5.02. The number of carboxylic acids is 1. The summed E-state index contributed by atoms with van der Waals surface area (Å²) < 4.78 is 16.7. The number of rotatable bonds is 10. The van der Waals surface area contributed by atoms with Gasteiger partial charge in [0.05, 0.1) is 11.3 Å². The predicted octanol–water partition coefficient (Wildman–Crippen LogP) is 8.36. The van der Waals surface area contributed by atoms with Crippen molar-refractivity contribution in [1.82, 2.24) is 20.2 Å². The third-order valence-corrected chi connectivity index (χ3v) is 7.44. The Bertz CT molecular complexity index is 1830. The molecule has 1 aromatic heterocycles. The molecule has 43 heavy (non-hydrogen) atoms. The summed E-state index contributed by atoms with van der Waals surface area (Å²) in [5.74, 6) is -1.61. The van der Waals surface area contributed by atoms with E-state index in [-0.39, 0.29) is 11.5 Å². The number of carbonyl (C=O) groups is 1. The van der Waals surface area contributed by atoms with Crippen molar-refractivity contribution in [3.05, 3.63) is 161 Å². The number of hydrogen-bond donors (Lipinski definition) is 1. The van der Waals surface area contributed by atoms with Crippen LogP contribution in [0.15, 0.2) is 128 Å². The van der Waals surface area contributed by atoms with Crippen LogP contribution < -0.4 is 0 Å². The summed E-state index contributed by atoms with van der Waals surface area (Å²) in [7, 11) is 0. The van der Waals surface area contributed by atoms with Crippen LogP contribution in [-0.4, -0.2) is 31.3 Å². The van der Waals surface area contributed by atoms with Crippen molar-refractivity contribution in [3.8, 4) is 16.8 Å². The Balaban J connectivity index is 1.58. The monoisotopic (exact) mass is 590 g/mol. The quantitative estimate of drug-likeness (QED) is 0.165. The maximum Gasteiger partial charge on any atom is 0.335 e. The minimum absolute atomic E-state index is 0.143. The van der Waals surface area contributed by atoms with E-state index in [4.69, 9.17) is 11.6 Å². The molecule has 0 saturated carbocycles. The summed E-state index contributed by atoms with van der Waals surface area (Å²) in [6.07, 6.45) is 7.84. The number of allylic oxidation sites excluding steroid dienone is 5. The number of aromatic nitrogens is 4. The molecule has 0 aliphatic carbocycles. The summed E-state index contributed by atoms with van der Waals surface area (Å²) in [5, 5.41) is 21.6. The van der Waals surface area contributed by atoms with Crippen LogP contribution in [0.3, 0.4) is 0 Å². The molecule has 0 bridgehead atoms. The van der Waals surface area contributed by atoms with Crippen LogP contribution in [0.2, 0.25) is 5.02 Å². The zero-order valence-electron chi connectivity index (χ0n) is 23.4. The molecule has 1 atom stereocenters.